The van der Waals surface area contributed by atoms with Gasteiger partial charge in [-0.25, -0.2) is 0 Å². The molecule has 2 N–H and O–H groups in total. The first-order chi connectivity index (χ1) is 11.4. The predicted octanol–water partition coefficient (Wildman–Crippen LogP) is 4.81. The average molecular weight is 383 g/mol. The Kier molecular flexibility index (Phi) is 6.47. The molecule has 0 fully saturated rings. The van der Waals surface area contributed by atoms with Crippen LogP contribution >= 0.6 is 34.8 Å². The summed E-state index contributed by atoms with van der Waals surface area (Å²) in [4.78, 5) is 12.0. The van der Waals surface area contributed by atoms with Crippen LogP contribution in [0.2, 0.25) is 15.1 Å². The van der Waals surface area contributed by atoms with Crippen LogP contribution in [0.3, 0.4) is 0 Å². The second-order valence-electron chi connectivity index (χ2n) is 5.12. The highest BCUT2D eigenvalue weighted by Crippen LogP contribution is 2.26. The summed E-state index contributed by atoms with van der Waals surface area (Å²) in [5.41, 5.74) is 1.75. The number of nitrogens with zero attached hydrogens (tertiary/aromatic N) is 1. The van der Waals surface area contributed by atoms with Crippen molar-refractivity contribution in [1.29, 1.82) is 5.26 Å². The fraction of sp³-hybridized carbons (Fsp3) is 0.176. The smallest absolute Gasteiger partial charge is 0.238 e. The third-order valence-corrected chi connectivity index (χ3v) is 4.25. The fourth-order valence-electron chi connectivity index (χ4n) is 2.10. The molecule has 0 radical (unpaired) electrons. The molecule has 24 heavy (non-hydrogen) atoms. The van der Waals surface area contributed by atoms with Gasteiger partial charge in [-0.2, -0.15) is 5.26 Å². The molecular weight excluding hydrogens is 369 g/mol. The van der Waals surface area contributed by atoms with Crippen LogP contribution in [0.4, 0.5) is 5.69 Å². The van der Waals surface area contributed by atoms with Crippen molar-refractivity contribution >= 4 is 46.4 Å². The molecular formula is C17H14Cl3N3O. The topological polar surface area (TPSA) is 64.9 Å². The summed E-state index contributed by atoms with van der Waals surface area (Å²) < 4.78 is 0. The minimum Gasteiger partial charge on any atom is -0.325 e. The zero-order valence-corrected chi connectivity index (χ0v) is 15.0. The minimum atomic E-state index is -0.229. The molecule has 0 aliphatic heterocycles. The van der Waals surface area contributed by atoms with Gasteiger partial charge in [-0.15, -0.1) is 0 Å². The van der Waals surface area contributed by atoms with E-state index in [1.54, 1.807) is 24.3 Å². The van der Waals surface area contributed by atoms with Crippen molar-refractivity contribution in [2.24, 2.45) is 0 Å². The van der Waals surface area contributed by atoms with Crippen molar-refractivity contribution in [1.82, 2.24) is 5.32 Å². The molecule has 1 amide bonds. The Hall–Kier alpha value is -1.77. The van der Waals surface area contributed by atoms with Crippen LogP contribution in [-0.2, 0) is 4.79 Å². The molecule has 0 saturated carbocycles. The van der Waals surface area contributed by atoms with E-state index in [0.29, 0.717) is 26.3 Å². The van der Waals surface area contributed by atoms with Gasteiger partial charge in [-0.1, -0.05) is 40.9 Å². The van der Waals surface area contributed by atoms with Gasteiger partial charge in [-0.3, -0.25) is 4.79 Å². The summed E-state index contributed by atoms with van der Waals surface area (Å²) in [5, 5.41) is 16.0. The van der Waals surface area contributed by atoms with E-state index in [1.807, 2.05) is 19.1 Å². The van der Waals surface area contributed by atoms with E-state index in [-0.39, 0.29) is 18.5 Å². The van der Waals surface area contributed by atoms with Crippen LogP contribution in [0.15, 0.2) is 36.4 Å². The summed E-state index contributed by atoms with van der Waals surface area (Å²) >= 11 is 18.0. The van der Waals surface area contributed by atoms with Gasteiger partial charge in [0.05, 0.1) is 17.1 Å². The first-order valence-electron chi connectivity index (χ1n) is 7.08. The fourth-order valence-corrected chi connectivity index (χ4v) is 2.89. The van der Waals surface area contributed by atoms with Crippen LogP contribution in [-0.4, -0.2) is 12.5 Å². The van der Waals surface area contributed by atoms with E-state index < -0.39 is 0 Å². The number of amides is 1. The van der Waals surface area contributed by atoms with E-state index in [9.17, 15) is 4.79 Å². The third-order valence-electron chi connectivity index (χ3n) is 3.37. The number of halogens is 3. The SMILES string of the molecule is C[C@@H](NCC(=O)Nc1ccc(C#N)c(Cl)c1)c1ccc(Cl)cc1Cl. The Balaban J connectivity index is 1.93. The maximum Gasteiger partial charge on any atom is 0.238 e. The molecule has 0 heterocycles. The van der Waals surface area contributed by atoms with Crippen LogP contribution in [0.5, 0.6) is 0 Å². The molecule has 2 rings (SSSR count). The van der Waals surface area contributed by atoms with Gasteiger partial charge in [0.1, 0.15) is 6.07 Å². The molecule has 0 aliphatic carbocycles. The molecule has 0 bridgehead atoms. The highest BCUT2D eigenvalue weighted by molar-refractivity contribution is 6.35. The normalized spacial score (nSPS) is 11.6. The van der Waals surface area contributed by atoms with Crippen molar-refractivity contribution in [3.63, 3.8) is 0 Å². The lowest BCUT2D eigenvalue weighted by atomic mass is 10.1. The van der Waals surface area contributed by atoms with Gasteiger partial charge in [-0.05, 0) is 42.8 Å². The molecule has 4 nitrogen and oxygen atoms in total. The van der Waals surface area contributed by atoms with Gasteiger partial charge in [0, 0.05) is 21.8 Å². The number of nitrogens with one attached hydrogen (secondary N) is 2. The minimum absolute atomic E-state index is 0.0950. The standard InChI is InChI=1S/C17H14Cl3N3O/c1-10(14-5-3-12(18)6-16(14)20)22-9-17(24)23-13-4-2-11(8-21)15(19)7-13/h2-7,10,22H,9H2,1H3,(H,23,24)/t10-/m1/s1. The Morgan fingerprint density at radius 1 is 1.17 bits per heavy atom. The maximum atomic E-state index is 12.0. The molecule has 0 saturated heterocycles. The van der Waals surface area contributed by atoms with Crippen LogP contribution in [0, 0.1) is 11.3 Å². The van der Waals surface area contributed by atoms with Gasteiger partial charge in [0.25, 0.3) is 0 Å². The number of benzene rings is 2. The highest BCUT2D eigenvalue weighted by atomic mass is 35.5. The summed E-state index contributed by atoms with van der Waals surface area (Å²) in [6.45, 7) is 2.00. The Bertz CT molecular complexity index is 802. The van der Waals surface area contributed by atoms with Crippen molar-refractivity contribution < 1.29 is 4.79 Å². The maximum absolute atomic E-state index is 12.0. The lowest BCUT2D eigenvalue weighted by Gasteiger charge is -2.16. The molecule has 2 aromatic rings. The van der Waals surface area contributed by atoms with E-state index in [1.165, 1.54) is 6.07 Å². The first-order valence-corrected chi connectivity index (χ1v) is 8.22. The predicted molar refractivity (Wildman–Crippen MR) is 97.7 cm³/mol. The molecule has 0 aliphatic rings. The molecule has 0 unspecified atom stereocenters. The summed E-state index contributed by atoms with van der Waals surface area (Å²) in [6, 6.07) is 11.8. The quantitative estimate of drug-likeness (QED) is 0.780. The van der Waals surface area contributed by atoms with Gasteiger partial charge in [0.15, 0.2) is 0 Å². The number of carbonyl (C=O) groups excluding carboxylic acids is 1. The number of carbonyl (C=O) groups is 1. The van der Waals surface area contributed by atoms with Gasteiger partial charge >= 0.3 is 0 Å². The number of rotatable bonds is 5. The summed E-state index contributed by atoms with van der Waals surface area (Å²) in [7, 11) is 0. The van der Waals surface area contributed by atoms with Crippen molar-refractivity contribution in [2.75, 3.05) is 11.9 Å². The first kappa shape index (κ1) is 18.6. The van der Waals surface area contributed by atoms with Crippen LogP contribution in [0.1, 0.15) is 24.1 Å². The van der Waals surface area contributed by atoms with Crippen molar-refractivity contribution in [2.45, 2.75) is 13.0 Å². The summed E-state index contributed by atoms with van der Waals surface area (Å²) in [6.07, 6.45) is 0. The van der Waals surface area contributed by atoms with E-state index >= 15 is 0 Å². The number of nitriles is 1. The zero-order valence-electron chi connectivity index (χ0n) is 12.7. The number of hydrogen-bond acceptors (Lipinski definition) is 3. The van der Waals surface area contributed by atoms with Gasteiger partial charge < -0.3 is 10.6 Å². The Morgan fingerprint density at radius 3 is 2.54 bits per heavy atom. The second kappa shape index (κ2) is 8.36. The second-order valence-corrected chi connectivity index (χ2v) is 6.37. The molecule has 1 atom stereocenters. The van der Waals surface area contributed by atoms with Crippen molar-refractivity contribution in [3.8, 4) is 6.07 Å². The number of hydrogen-bond donors (Lipinski definition) is 2. The zero-order chi connectivity index (χ0) is 17.7. The monoisotopic (exact) mass is 381 g/mol. The average Bonchev–Trinajstić information content (AvgIpc) is 2.53. The summed E-state index contributed by atoms with van der Waals surface area (Å²) in [5.74, 6) is -0.229. The Morgan fingerprint density at radius 2 is 1.92 bits per heavy atom. The molecule has 2 aromatic carbocycles. The van der Waals surface area contributed by atoms with E-state index in [0.717, 1.165) is 5.56 Å². The van der Waals surface area contributed by atoms with E-state index in [2.05, 4.69) is 10.6 Å². The largest absolute Gasteiger partial charge is 0.325 e. The molecule has 7 heteroatoms. The molecule has 124 valence electrons. The lowest BCUT2D eigenvalue weighted by Crippen LogP contribution is -2.30. The Labute approximate surface area is 155 Å². The highest BCUT2D eigenvalue weighted by Gasteiger charge is 2.12. The number of anilines is 1. The molecule has 0 aromatic heterocycles. The van der Waals surface area contributed by atoms with Crippen LogP contribution < -0.4 is 10.6 Å². The molecule has 0 spiro atoms. The lowest BCUT2D eigenvalue weighted by molar-refractivity contribution is -0.115. The van der Waals surface area contributed by atoms with E-state index in [4.69, 9.17) is 40.1 Å². The third kappa shape index (κ3) is 4.86. The van der Waals surface area contributed by atoms with Crippen molar-refractivity contribution in [3.05, 3.63) is 62.6 Å². The van der Waals surface area contributed by atoms with Gasteiger partial charge in [0.2, 0.25) is 5.91 Å². The van der Waals surface area contributed by atoms with Crippen LogP contribution in [0.25, 0.3) is 0 Å².